The standard InChI is InChI=1S/C20H36O4/c1-13(12-17(22)23)6-7-15-19(4)10-9-16(21)18(2,3)14(19)8-11-20(15,5)24/h13-16,21,24H,6-12H2,1-5H3,(H,22,23)/t13-,14-,15+,16-,19-,20+/m1/s1. The van der Waals surface area contributed by atoms with E-state index in [-0.39, 0.29) is 35.2 Å². The number of aliphatic carboxylic acids is 1. The van der Waals surface area contributed by atoms with Gasteiger partial charge in [0.05, 0.1) is 11.7 Å². The summed E-state index contributed by atoms with van der Waals surface area (Å²) in [7, 11) is 0. The highest BCUT2D eigenvalue weighted by atomic mass is 16.4. The Bertz CT molecular complexity index is 470. The number of carboxylic acids is 1. The molecule has 0 aromatic heterocycles. The van der Waals surface area contributed by atoms with Crippen molar-refractivity contribution in [2.24, 2.45) is 28.6 Å². The number of aliphatic hydroxyl groups is 2. The lowest BCUT2D eigenvalue weighted by Gasteiger charge is -2.62. The predicted octanol–water partition coefficient (Wildman–Crippen LogP) is 3.84. The van der Waals surface area contributed by atoms with Gasteiger partial charge in [0.1, 0.15) is 0 Å². The maximum Gasteiger partial charge on any atom is 0.303 e. The zero-order chi connectivity index (χ0) is 18.3. The lowest BCUT2D eigenvalue weighted by molar-refractivity contribution is -0.196. The third-order valence-corrected chi connectivity index (χ3v) is 7.47. The molecule has 0 aromatic rings. The van der Waals surface area contributed by atoms with Crippen LogP contribution in [-0.4, -0.2) is 33.0 Å². The Kier molecular flexibility index (Phi) is 5.42. The van der Waals surface area contributed by atoms with E-state index in [0.29, 0.717) is 5.92 Å². The van der Waals surface area contributed by atoms with Crippen LogP contribution in [0.2, 0.25) is 0 Å². The number of carbonyl (C=O) groups is 1. The molecule has 2 rings (SSSR count). The van der Waals surface area contributed by atoms with Gasteiger partial charge in [0, 0.05) is 6.42 Å². The average Bonchev–Trinajstić information content (AvgIpc) is 2.41. The lowest BCUT2D eigenvalue weighted by atomic mass is 9.44. The summed E-state index contributed by atoms with van der Waals surface area (Å²) in [6, 6.07) is 0. The van der Waals surface area contributed by atoms with Crippen molar-refractivity contribution in [3.05, 3.63) is 0 Å². The van der Waals surface area contributed by atoms with E-state index in [2.05, 4.69) is 20.8 Å². The molecule has 4 heteroatoms. The van der Waals surface area contributed by atoms with Crippen molar-refractivity contribution < 1.29 is 20.1 Å². The normalized spacial score (nSPS) is 43.0. The molecular weight excluding hydrogens is 304 g/mol. The first-order chi connectivity index (χ1) is 10.9. The van der Waals surface area contributed by atoms with Crippen molar-refractivity contribution in [3.8, 4) is 0 Å². The van der Waals surface area contributed by atoms with Gasteiger partial charge in [-0.15, -0.1) is 0 Å². The topological polar surface area (TPSA) is 77.8 Å². The minimum atomic E-state index is -0.746. The van der Waals surface area contributed by atoms with Crippen LogP contribution in [0.5, 0.6) is 0 Å². The van der Waals surface area contributed by atoms with Gasteiger partial charge in [-0.05, 0) is 74.0 Å². The molecule has 0 aromatic carbocycles. The third kappa shape index (κ3) is 3.50. The Morgan fingerprint density at radius 3 is 2.38 bits per heavy atom. The highest BCUT2D eigenvalue weighted by molar-refractivity contribution is 5.66. The molecule has 0 amide bonds. The first kappa shape index (κ1) is 19.7. The number of fused-ring (bicyclic) bond motifs is 1. The van der Waals surface area contributed by atoms with Crippen LogP contribution in [0, 0.1) is 28.6 Å². The number of aliphatic hydroxyl groups excluding tert-OH is 1. The van der Waals surface area contributed by atoms with Crippen molar-refractivity contribution >= 4 is 5.97 Å². The van der Waals surface area contributed by atoms with Gasteiger partial charge in [-0.3, -0.25) is 4.79 Å². The number of rotatable bonds is 5. The largest absolute Gasteiger partial charge is 0.481 e. The quantitative estimate of drug-likeness (QED) is 0.710. The predicted molar refractivity (Wildman–Crippen MR) is 94.6 cm³/mol. The first-order valence-electron chi connectivity index (χ1n) is 9.53. The molecule has 6 atom stereocenters. The minimum absolute atomic E-state index is 0.00736. The van der Waals surface area contributed by atoms with E-state index in [4.69, 9.17) is 5.11 Å². The third-order valence-electron chi connectivity index (χ3n) is 7.47. The van der Waals surface area contributed by atoms with Gasteiger partial charge in [-0.1, -0.05) is 27.7 Å². The van der Waals surface area contributed by atoms with Crippen molar-refractivity contribution in [2.75, 3.05) is 0 Å². The summed E-state index contributed by atoms with van der Waals surface area (Å²) in [5.74, 6) is -0.0612. The van der Waals surface area contributed by atoms with Crippen molar-refractivity contribution in [1.29, 1.82) is 0 Å². The van der Waals surface area contributed by atoms with Crippen LogP contribution < -0.4 is 0 Å². The van der Waals surface area contributed by atoms with Gasteiger partial charge in [0.25, 0.3) is 0 Å². The molecule has 0 aliphatic heterocycles. The molecule has 24 heavy (non-hydrogen) atoms. The van der Waals surface area contributed by atoms with Crippen molar-refractivity contribution in [2.45, 2.75) is 91.3 Å². The van der Waals surface area contributed by atoms with Crippen LogP contribution in [0.25, 0.3) is 0 Å². The van der Waals surface area contributed by atoms with E-state index < -0.39 is 11.6 Å². The van der Waals surface area contributed by atoms with Gasteiger partial charge < -0.3 is 15.3 Å². The molecule has 3 N–H and O–H groups in total. The highest BCUT2D eigenvalue weighted by Crippen LogP contribution is 2.63. The van der Waals surface area contributed by atoms with Crippen LogP contribution in [0.15, 0.2) is 0 Å². The number of hydrogen-bond donors (Lipinski definition) is 3. The Morgan fingerprint density at radius 2 is 1.79 bits per heavy atom. The van der Waals surface area contributed by atoms with Gasteiger partial charge in [-0.25, -0.2) is 0 Å². The molecule has 140 valence electrons. The smallest absolute Gasteiger partial charge is 0.303 e. The van der Waals surface area contributed by atoms with E-state index in [9.17, 15) is 15.0 Å². The SMILES string of the molecule is C[C@H](CC[C@H]1[C@]2(C)CC[C@@H](O)C(C)(C)[C@H]2CC[C@]1(C)O)CC(=O)O. The van der Waals surface area contributed by atoms with E-state index in [1.54, 1.807) is 0 Å². The molecule has 0 bridgehead atoms. The number of carboxylic acid groups (broad SMARTS) is 1. The average molecular weight is 341 g/mol. The van der Waals surface area contributed by atoms with Crippen LogP contribution in [0.3, 0.4) is 0 Å². The molecular formula is C20H36O4. The summed E-state index contributed by atoms with van der Waals surface area (Å²) in [6.45, 7) is 10.6. The monoisotopic (exact) mass is 340 g/mol. The summed E-state index contributed by atoms with van der Waals surface area (Å²) < 4.78 is 0. The maximum atomic E-state index is 11.1. The molecule has 4 nitrogen and oxygen atoms in total. The maximum absolute atomic E-state index is 11.1. The van der Waals surface area contributed by atoms with Gasteiger partial charge in [0.2, 0.25) is 0 Å². The molecule has 2 aliphatic carbocycles. The van der Waals surface area contributed by atoms with Crippen LogP contribution in [-0.2, 0) is 4.79 Å². The van der Waals surface area contributed by atoms with Crippen LogP contribution >= 0.6 is 0 Å². The van der Waals surface area contributed by atoms with Crippen molar-refractivity contribution in [3.63, 3.8) is 0 Å². The lowest BCUT2D eigenvalue weighted by Crippen LogP contribution is -2.60. The van der Waals surface area contributed by atoms with E-state index in [1.165, 1.54) is 0 Å². The second-order valence-corrected chi connectivity index (χ2v) is 9.66. The molecule has 2 saturated carbocycles. The van der Waals surface area contributed by atoms with Gasteiger partial charge >= 0.3 is 5.97 Å². The summed E-state index contributed by atoms with van der Waals surface area (Å²) in [6.07, 6.45) is 5.06. The van der Waals surface area contributed by atoms with Gasteiger partial charge in [0.15, 0.2) is 0 Å². The second kappa shape index (κ2) is 6.60. The van der Waals surface area contributed by atoms with Crippen LogP contribution in [0.4, 0.5) is 0 Å². The fraction of sp³-hybridized carbons (Fsp3) is 0.950. The second-order valence-electron chi connectivity index (χ2n) is 9.66. The Balaban J connectivity index is 2.21. The minimum Gasteiger partial charge on any atom is -0.481 e. The first-order valence-corrected chi connectivity index (χ1v) is 9.53. The summed E-state index contributed by atoms with van der Waals surface area (Å²) >= 11 is 0. The zero-order valence-electron chi connectivity index (χ0n) is 16.0. The highest BCUT2D eigenvalue weighted by Gasteiger charge is 2.59. The molecule has 2 aliphatic rings. The molecule has 2 fully saturated rings. The Morgan fingerprint density at radius 1 is 1.17 bits per heavy atom. The molecule has 0 heterocycles. The number of hydrogen-bond acceptors (Lipinski definition) is 3. The summed E-state index contributed by atoms with van der Waals surface area (Å²) in [4.78, 5) is 10.9. The molecule has 0 unspecified atom stereocenters. The van der Waals surface area contributed by atoms with Gasteiger partial charge in [-0.2, -0.15) is 0 Å². The van der Waals surface area contributed by atoms with E-state index >= 15 is 0 Å². The molecule has 0 radical (unpaired) electrons. The van der Waals surface area contributed by atoms with E-state index in [0.717, 1.165) is 38.5 Å². The summed E-state index contributed by atoms with van der Waals surface area (Å²) in [5, 5.41) is 30.6. The molecule has 0 spiro atoms. The van der Waals surface area contributed by atoms with E-state index in [1.807, 2.05) is 13.8 Å². The van der Waals surface area contributed by atoms with Crippen molar-refractivity contribution in [1.82, 2.24) is 0 Å². The zero-order valence-corrected chi connectivity index (χ0v) is 16.0. The molecule has 0 saturated heterocycles. The van der Waals surface area contributed by atoms with Crippen LogP contribution in [0.1, 0.15) is 79.6 Å². The Labute approximate surface area is 146 Å². The fourth-order valence-electron chi connectivity index (χ4n) is 6.01. The fourth-order valence-corrected chi connectivity index (χ4v) is 6.01. The summed E-state index contributed by atoms with van der Waals surface area (Å²) in [5.41, 5.74) is -0.825. The Hall–Kier alpha value is -0.610.